The monoisotopic (exact) mass is 564 g/mol. The lowest BCUT2D eigenvalue weighted by Gasteiger charge is -2.35. The van der Waals surface area contributed by atoms with Crippen LogP contribution in [0, 0.1) is 5.82 Å². The number of hydrogen-bond acceptors (Lipinski definition) is 7. The summed E-state index contributed by atoms with van der Waals surface area (Å²) < 4.78 is 96.2. The molecule has 2 N–H and O–H groups in total. The Labute approximate surface area is 215 Å². The van der Waals surface area contributed by atoms with Crippen LogP contribution in [-0.2, 0) is 19.6 Å². The lowest BCUT2D eigenvalue weighted by molar-refractivity contribution is -0.242. The second-order valence-corrected chi connectivity index (χ2v) is 10.6. The van der Waals surface area contributed by atoms with Crippen LogP contribution >= 0.6 is 0 Å². The normalized spacial score (nSPS) is 15.8. The Hall–Kier alpha value is -3.75. The molecule has 1 atom stereocenters. The zero-order chi connectivity index (χ0) is 28.5. The summed E-state index contributed by atoms with van der Waals surface area (Å²) in [4.78, 5) is 22.8. The zero-order valence-electron chi connectivity index (χ0n) is 20.3. The molecule has 10 nitrogen and oxygen atoms in total. The summed E-state index contributed by atoms with van der Waals surface area (Å²) in [6.07, 6.45) is -7.54. The number of carbonyl (C=O) groups excluding carboxylic acids is 1. The third-order valence-electron chi connectivity index (χ3n) is 5.56. The lowest BCUT2D eigenvalue weighted by Crippen LogP contribution is -2.44. The van der Waals surface area contributed by atoms with Crippen molar-refractivity contribution >= 4 is 33.5 Å². The van der Waals surface area contributed by atoms with Gasteiger partial charge in [0.05, 0.1) is 24.2 Å². The van der Waals surface area contributed by atoms with Crippen molar-refractivity contribution in [3.05, 3.63) is 42.2 Å². The Balaban J connectivity index is 1.99. The Kier molecular flexibility index (Phi) is 8.00. The van der Waals surface area contributed by atoms with Gasteiger partial charge in [-0.05, 0) is 50.6 Å². The van der Waals surface area contributed by atoms with E-state index in [1.165, 1.54) is 12.1 Å². The molecular formula is C23H24F4N2O8S. The summed E-state index contributed by atoms with van der Waals surface area (Å²) in [7, 11) is -3.27. The summed E-state index contributed by atoms with van der Waals surface area (Å²) in [5.41, 5.74) is -3.02. The zero-order valence-corrected chi connectivity index (χ0v) is 21.2. The van der Waals surface area contributed by atoms with E-state index >= 15 is 0 Å². The fraction of sp³-hybridized carbons (Fsp3) is 0.391. The highest BCUT2D eigenvalue weighted by atomic mass is 32.2. The van der Waals surface area contributed by atoms with Gasteiger partial charge in [0.25, 0.3) is 10.0 Å². The van der Waals surface area contributed by atoms with Crippen LogP contribution in [-0.4, -0.2) is 57.1 Å². The Morgan fingerprint density at radius 3 is 2.47 bits per heavy atom. The maximum absolute atomic E-state index is 13.9. The van der Waals surface area contributed by atoms with E-state index in [1.807, 2.05) is 0 Å². The molecule has 1 aliphatic heterocycles. The molecule has 1 aliphatic rings. The van der Waals surface area contributed by atoms with Gasteiger partial charge in [0.2, 0.25) is 5.60 Å². The lowest BCUT2D eigenvalue weighted by atomic mass is 10.1. The molecule has 2 aromatic rings. The first-order chi connectivity index (χ1) is 17.5. The number of methoxy groups -OCH3 is 1. The van der Waals surface area contributed by atoms with Crippen LogP contribution in [0.15, 0.2) is 41.3 Å². The van der Waals surface area contributed by atoms with Gasteiger partial charge in [-0.1, -0.05) is 0 Å². The fourth-order valence-electron chi connectivity index (χ4n) is 3.41. The molecule has 0 aromatic heterocycles. The highest BCUT2D eigenvalue weighted by Gasteiger charge is 2.51. The number of ether oxygens (including phenoxy) is 3. The van der Waals surface area contributed by atoms with Crippen molar-refractivity contribution in [3.8, 4) is 11.5 Å². The number of nitrogens with one attached hydrogen (secondary N) is 1. The minimum atomic E-state index is -4.85. The molecule has 0 fully saturated rings. The number of amides is 1. The predicted molar refractivity (Wildman–Crippen MR) is 125 cm³/mol. The van der Waals surface area contributed by atoms with Gasteiger partial charge in [0, 0.05) is 18.2 Å². The van der Waals surface area contributed by atoms with Crippen molar-refractivity contribution in [1.82, 2.24) is 0 Å². The van der Waals surface area contributed by atoms with Crippen LogP contribution in [0.25, 0.3) is 0 Å². The Morgan fingerprint density at radius 2 is 1.87 bits per heavy atom. The molecule has 0 saturated carbocycles. The molecule has 1 amide bonds. The number of halogens is 4. The number of sulfonamides is 1. The van der Waals surface area contributed by atoms with Crippen molar-refractivity contribution in [3.63, 3.8) is 0 Å². The van der Waals surface area contributed by atoms with Crippen LogP contribution in [0.3, 0.4) is 0 Å². The quantitative estimate of drug-likeness (QED) is 0.447. The number of rotatable bonds is 8. The maximum Gasteiger partial charge on any atom is 0.427 e. The number of anilines is 2. The number of hydrogen-bond donors (Lipinski definition) is 2. The predicted octanol–water partition coefficient (Wildman–Crippen LogP) is 4.54. The third kappa shape index (κ3) is 6.20. The minimum Gasteiger partial charge on any atom is -0.494 e. The SMILES string of the molecule is COc1cc(S(=O)(=O)N2CC(CCC(=O)O)Oc3ccc(NC(=O)OC(C)(C)C(F)(F)F)cc32)ccc1F. The maximum atomic E-state index is 13.9. The molecule has 0 spiro atoms. The summed E-state index contributed by atoms with van der Waals surface area (Å²) >= 11 is 0. The topological polar surface area (TPSA) is 131 Å². The first-order valence-electron chi connectivity index (χ1n) is 11.0. The van der Waals surface area contributed by atoms with Gasteiger partial charge < -0.3 is 19.3 Å². The second kappa shape index (κ2) is 10.6. The van der Waals surface area contributed by atoms with E-state index in [-0.39, 0.29) is 47.2 Å². The van der Waals surface area contributed by atoms with Gasteiger partial charge in [-0.2, -0.15) is 13.2 Å². The molecule has 1 heterocycles. The molecule has 208 valence electrons. The van der Waals surface area contributed by atoms with Gasteiger partial charge in [0.15, 0.2) is 11.6 Å². The largest absolute Gasteiger partial charge is 0.494 e. The van der Waals surface area contributed by atoms with Crippen molar-refractivity contribution in [2.75, 3.05) is 23.3 Å². The van der Waals surface area contributed by atoms with Gasteiger partial charge >= 0.3 is 18.2 Å². The van der Waals surface area contributed by atoms with Crippen LogP contribution in [0.2, 0.25) is 0 Å². The van der Waals surface area contributed by atoms with E-state index in [0.29, 0.717) is 13.8 Å². The molecular weight excluding hydrogens is 540 g/mol. The van der Waals surface area contributed by atoms with E-state index in [0.717, 1.165) is 35.7 Å². The number of fused-ring (bicyclic) bond motifs is 1. The van der Waals surface area contributed by atoms with E-state index in [9.17, 15) is 35.6 Å². The van der Waals surface area contributed by atoms with Gasteiger partial charge in [-0.25, -0.2) is 17.6 Å². The number of alkyl halides is 3. The van der Waals surface area contributed by atoms with E-state index in [1.54, 1.807) is 0 Å². The van der Waals surface area contributed by atoms with Crippen molar-refractivity contribution in [2.45, 2.75) is 49.5 Å². The molecule has 0 bridgehead atoms. The summed E-state index contributed by atoms with van der Waals surface area (Å²) in [5, 5.41) is 11.1. The molecule has 15 heteroatoms. The first kappa shape index (κ1) is 28.8. The first-order valence-corrected chi connectivity index (χ1v) is 12.4. The second-order valence-electron chi connectivity index (χ2n) is 8.71. The van der Waals surface area contributed by atoms with Gasteiger partial charge in [-0.15, -0.1) is 0 Å². The average Bonchev–Trinajstić information content (AvgIpc) is 2.81. The van der Waals surface area contributed by atoms with Crippen molar-refractivity contribution in [1.29, 1.82) is 0 Å². The van der Waals surface area contributed by atoms with E-state index in [2.05, 4.69) is 10.1 Å². The summed E-state index contributed by atoms with van der Waals surface area (Å²) in [6.45, 7) is 0.975. The van der Waals surface area contributed by atoms with Crippen LogP contribution in [0.1, 0.15) is 26.7 Å². The average molecular weight is 565 g/mol. The number of aliphatic carboxylic acids is 1. The van der Waals surface area contributed by atoms with Crippen LogP contribution < -0.4 is 19.1 Å². The molecule has 3 rings (SSSR count). The highest BCUT2D eigenvalue weighted by molar-refractivity contribution is 7.92. The number of carboxylic acid groups (broad SMARTS) is 1. The molecule has 0 radical (unpaired) electrons. The number of nitrogens with zero attached hydrogens (tertiary/aromatic N) is 1. The van der Waals surface area contributed by atoms with Crippen molar-refractivity contribution < 1.29 is 54.9 Å². The Morgan fingerprint density at radius 1 is 1.18 bits per heavy atom. The van der Waals surface area contributed by atoms with E-state index < -0.39 is 45.8 Å². The number of carbonyl (C=O) groups is 2. The summed E-state index contributed by atoms with van der Waals surface area (Å²) in [5.74, 6) is -2.27. The molecule has 0 aliphatic carbocycles. The smallest absolute Gasteiger partial charge is 0.427 e. The Bertz CT molecular complexity index is 1330. The molecule has 38 heavy (non-hydrogen) atoms. The highest BCUT2D eigenvalue weighted by Crippen LogP contribution is 2.40. The molecule has 2 aromatic carbocycles. The standard InChI is InChI=1S/C23H24F4N2O8S/c1-22(2,23(25,26)27)37-21(32)28-13-4-8-18-17(10-13)29(12-14(36-18)5-9-20(30)31)38(33,34)15-6-7-16(24)19(11-15)35-3/h4,6-8,10-11,14H,5,9,12H2,1-3H3,(H,28,32)(H,30,31). The molecule has 0 saturated heterocycles. The van der Waals surface area contributed by atoms with Crippen molar-refractivity contribution in [2.24, 2.45) is 0 Å². The van der Waals surface area contributed by atoms with Crippen LogP contribution in [0.4, 0.5) is 33.7 Å². The number of benzene rings is 2. The third-order valence-corrected chi connectivity index (χ3v) is 7.33. The minimum absolute atomic E-state index is 0.00108. The van der Waals surface area contributed by atoms with Gasteiger partial charge in [-0.3, -0.25) is 14.4 Å². The van der Waals surface area contributed by atoms with Crippen LogP contribution in [0.5, 0.6) is 11.5 Å². The number of carboxylic acids is 1. The van der Waals surface area contributed by atoms with Gasteiger partial charge in [0.1, 0.15) is 11.9 Å². The van der Waals surface area contributed by atoms with E-state index in [4.69, 9.17) is 14.6 Å². The summed E-state index contributed by atoms with van der Waals surface area (Å²) in [6, 6.07) is 6.51. The fourth-order valence-corrected chi connectivity index (χ4v) is 4.93. The molecule has 1 unspecified atom stereocenters.